The Balaban J connectivity index is 1.60. The van der Waals surface area contributed by atoms with Crippen LogP contribution in [0.3, 0.4) is 0 Å². The summed E-state index contributed by atoms with van der Waals surface area (Å²) in [5.74, 6) is 2.80. The van der Waals surface area contributed by atoms with Crippen molar-refractivity contribution in [3.63, 3.8) is 0 Å². The fourth-order valence-corrected chi connectivity index (χ4v) is 5.07. The van der Waals surface area contributed by atoms with Gasteiger partial charge in [0.25, 0.3) is 0 Å². The molecule has 1 aliphatic carbocycles. The van der Waals surface area contributed by atoms with Crippen molar-refractivity contribution in [2.45, 2.75) is 58.1 Å². The third-order valence-electron chi connectivity index (χ3n) is 7.20. The van der Waals surface area contributed by atoms with Crippen molar-refractivity contribution < 1.29 is 9.47 Å². The number of aromatic nitrogens is 3. The smallest absolute Gasteiger partial charge is 0.323 e. The quantitative estimate of drug-likeness (QED) is 0.582. The molecule has 1 saturated carbocycles. The molecule has 1 saturated heterocycles. The summed E-state index contributed by atoms with van der Waals surface area (Å²) >= 11 is 6.33. The number of halogens is 1. The topological polar surface area (TPSA) is 75.6 Å². The molecular weight excluding hydrogens is 452 g/mol. The number of benzene rings is 1. The summed E-state index contributed by atoms with van der Waals surface area (Å²) in [4.78, 5) is 18.7. The molecule has 2 fully saturated rings. The van der Waals surface area contributed by atoms with Gasteiger partial charge in [-0.2, -0.15) is 15.0 Å². The zero-order valence-corrected chi connectivity index (χ0v) is 21.7. The minimum absolute atomic E-state index is 0.107. The van der Waals surface area contributed by atoms with Crippen LogP contribution >= 0.6 is 11.6 Å². The Kier molecular flexibility index (Phi) is 7.99. The Morgan fingerprint density at radius 2 is 1.85 bits per heavy atom. The molecule has 1 aromatic carbocycles. The number of likely N-dealkylation sites (tertiary alicyclic amines) is 1. The van der Waals surface area contributed by atoms with E-state index in [2.05, 4.69) is 48.0 Å². The van der Waals surface area contributed by atoms with Crippen LogP contribution in [0.15, 0.2) is 18.2 Å². The number of ether oxygens (including phenoxy) is 2. The molecule has 4 rings (SSSR count). The maximum Gasteiger partial charge on any atom is 0.323 e. The van der Waals surface area contributed by atoms with Gasteiger partial charge in [0.15, 0.2) is 0 Å². The standard InChI is InChI=1S/C25H37ClN6O2/c1-16-6-7-17(2)22(14-16)34-25-29-23(27-18-8-9-21(33-5)20(26)15-18)28-24(30-25)32(4)19-10-12-31(3)13-11-19/h8-9,15-17,19,22H,6-7,10-14H2,1-5H3,(H,27,28,29,30). The van der Waals surface area contributed by atoms with E-state index in [1.807, 2.05) is 12.1 Å². The molecule has 0 spiro atoms. The summed E-state index contributed by atoms with van der Waals surface area (Å²) in [7, 11) is 5.83. The second-order valence-electron chi connectivity index (χ2n) is 9.91. The Morgan fingerprint density at radius 1 is 1.09 bits per heavy atom. The molecule has 2 aliphatic rings. The van der Waals surface area contributed by atoms with Crippen molar-refractivity contribution in [2.24, 2.45) is 11.8 Å². The first kappa shape index (κ1) is 24.8. The number of methoxy groups -OCH3 is 1. The van der Waals surface area contributed by atoms with Crippen molar-refractivity contribution in [1.82, 2.24) is 19.9 Å². The molecule has 3 atom stereocenters. The molecule has 1 aliphatic heterocycles. The monoisotopic (exact) mass is 488 g/mol. The summed E-state index contributed by atoms with van der Waals surface area (Å²) in [6.07, 6.45) is 5.67. The average Bonchev–Trinajstić information content (AvgIpc) is 2.81. The first-order valence-electron chi connectivity index (χ1n) is 12.3. The van der Waals surface area contributed by atoms with Gasteiger partial charge in [-0.3, -0.25) is 0 Å². The van der Waals surface area contributed by atoms with E-state index in [1.54, 1.807) is 13.2 Å². The molecular formula is C25H37ClN6O2. The molecule has 1 aromatic heterocycles. The Labute approximate surface area is 208 Å². The second-order valence-corrected chi connectivity index (χ2v) is 10.3. The Morgan fingerprint density at radius 3 is 2.56 bits per heavy atom. The fraction of sp³-hybridized carbons (Fsp3) is 0.640. The number of hydrogen-bond acceptors (Lipinski definition) is 8. The van der Waals surface area contributed by atoms with Gasteiger partial charge in [-0.05, 0) is 75.9 Å². The van der Waals surface area contributed by atoms with Gasteiger partial charge in [-0.1, -0.05) is 31.9 Å². The van der Waals surface area contributed by atoms with Crippen LogP contribution in [0.4, 0.5) is 17.6 Å². The first-order chi connectivity index (χ1) is 16.3. The predicted molar refractivity (Wildman–Crippen MR) is 137 cm³/mol. The number of piperidine rings is 1. The van der Waals surface area contributed by atoms with Gasteiger partial charge in [-0.15, -0.1) is 0 Å². The van der Waals surface area contributed by atoms with Crippen LogP contribution < -0.4 is 19.7 Å². The van der Waals surface area contributed by atoms with Crippen LogP contribution in [0.2, 0.25) is 5.02 Å². The van der Waals surface area contributed by atoms with Crippen molar-refractivity contribution in [3.05, 3.63) is 23.2 Å². The molecule has 9 heteroatoms. The number of nitrogens with one attached hydrogen (secondary N) is 1. The molecule has 2 heterocycles. The van der Waals surface area contributed by atoms with Crippen molar-refractivity contribution in [3.8, 4) is 11.8 Å². The SMILES string of the molecule is COc1ccc(Nc2nc(OC3CC(C)CCC3C)nc(N(C)C3CCN(C)CC3)n2)cc1Cl. The lowest BCUT2D eigenvalue weighted by molar-refractivity contribution is 0.0704. The Hall–Kier alpha value is -2.32. The fourth-order valence-electron chi connectivity index (χ4n) is 4.81. The normalized spacial score (nSPS) is 24.0. The molecule has 0 radical (unpaired) electrons. The third-order valence-corrected chi connectivity index (χ3v) is 7.50. The summed E-state index contributed by atoms with van der Waals surface area (Å²) in [6.45, 7) is 6.67. The number of nitrogens with zero attached hydrogens (tertiary/aromatic N) is 5. The molecule has 1 N–H and O–H groups in total. The number of rotatable bonds is 7. The van der Waals surface area contributed by atoms with Crippen molar-refractivity contribution in [2.75, 3.05) is 44.5 Å². The summed E-state index contributed by atoms with van der Waals surface area (Å²) in [5, 5.41) is 3.80. The largest absolute Gasteiger partial charge is 0.495 e. The van der Waals surface area contributed by atoms with Gasteiger partial charge in [0, 0.05) is 18.8 Å². The zero-order valence-electron chi connectivity index (χ0n) is 20.9. The van der Waals surface area contributed by atoms with Gasteiger partial charge < -0.3 is 24.6 Å². The van der Waals surface area contributed by atoms with Crippen molar-refractivity contribution in [1.29, 1.82) is 0 Å². The maximum absolute atomic E-state index is 6.39. The molecule has 0 bridgehead atoms. The molecule has 8 nitrogen and oxygen atoms in total. The molecule has 3 unspecified atom stereocenters. The van der Waals surface area contributed by atoms with E-state index >= 15 is 0 Å². The third kappa shape index (κ3) is 6.02. The van der Waals surface area contributed by atoms with Gasteiger partial charge >= 0.3 is 6.01 Å². The van der Waals surface area contributed by atoms with Gasteiger partial charge in [0.05, 0.1) is 12.1 Å². The number of hydrogen-bond donors (Lipinski definition) is 1. The molecule has 34 heavy (non-hydrogen) atoms. The summed E-state index contributed by atoms with van der Waals surface area (Å²) in [6, 6.07) is 6.26. The van der Waals surface area contributed by atoms with Crippen LogP contribution in [0.25, 0.3) is 0 Å². The zero-order chi connectivity index (χ0) is 24.2. The van der Waals surface area contributed by atoms with Gasteiger partial charge in [0.1, 0.15) is 11.9 Å². The van der Waals surface area contributed by atoms with E-state index in [4.69, 9.17) is 31.0 Å². The van der Waals surface area contributed by atoms with Crippen LogP contribution in [-0.2, 0) is 0 Å². The summed E-state index contributed by atoms with van der Waals surface area (Å²) in [5.41, 5.74) is 0.774. The summed E-state index contributed by atoms with van der Waals surface area (Å²) < 4.78 is 11.7. The molecule has 2 aromatic rings. The highest BCUT2D eigenvalue weighted by Gasteiger charge is 2.29. The van der Waals surface area contributed by atoms with Crippen LogP contribution in [0.5, 0.6) is 11.8 Å². The van der Waals surface area contributed by atoms with E-state index < -0.39 is 0 Å². The predicted octanol–water partition coefficient (Wildman–Crippen LogP) is 5.01. The minimum Gasteiger partial charge on any atom is -0.495 e. The Bertz CT molecular complexity index is 968. The minimum atomic E-state index is 0.107. The van der Waals surface area contributed by atoms with E-state index in [0.717, 1.165) is 44.5 Å². The van der Waals surface area contributed by atoms with E-state index in [9.17, 15) is 0 Å². The first-order valence-corrected chi connectivity index (χ1v) is 12.6. The second kappa shape index (κ2) is 11.0. The molecule has 186 valence electrons. The van der Waals surface area contributed by atoms with Crippen LogP contribution in [-0.4, -0.2) is 66.3 Å². The van der Waals surface area contributed by atoms with E-state index in [1.165, 1.54) is 6.42 Å². The highest BCUT2D eigenvalue weighted by Crippen LogP contribution is 2.32. The number of anilines is 3. The average molecular weight is 489 g/mol. The van der Waals surface area contributed by atoms with Crippen LogP contribution in [0, 0.1) is 11.8 Å². The highest BCUT2D eigenvalue weighted by atomic mass is 35.5. The lowest BCUT2D eigenvalue weighted by Crippen LogP contribution is -2.42. The highest BCUT2D eigenvalue weighted by molar-refractivity contribution is 6.32. The maximum atomic E-state index is 6.39. The van der Waals surface area contributed by atoms with Gasteiger partial charge in [0.2, 0.25) is 11.9 Å². The molecule has 0 amide bonds. The lowest BCUT2D eigenvalue weighted by Gasteiger charge is -2.35. The lowest BCUT2D eigenvalue weighted by atomic mass is 9.82. The van der Waals surface area contributed by atoms with Gasteiger partial charge in [-0.25, -0.2) is 0 Å². The van der Waals surface area contributed by atoms with Crippen molar-refractivity contribution >= 4 is 29.2 Å². The van der Waals surface area contributed by atoms with E-state index in [-0.39, 0.29) is 6.10 Å². The van der Waals surface area contributed by atoms with E-state index in [0.29, 0.717) is 46.6 Å². The van der Waals surface area contributed by atoms with Crippen LogP contribution in [0.1, 0.15) is 46.0 Å².